The van der Waals surface area contributed by atoms with E-state index in [2.05, 4.69) is 18.3 Å². The highest BCUT2D eigenvalue weighted by molar-refractivity contribution is 5.84. The Labute approximate surface area is 156 Å². The molecule has 2 heterocycles. The molecule has 5 heteroatoms. The van der Waals surface area contributed by atoms with Gasteiger partial charge in [0.2, 0.25) is 5.91 Å². The van der Waals surface area contributed by atoms with Crippen LogP contribution in [0.3, 0.4) is 0 Å². The number of benzene rings is 1. The molecule has 2 N–H and O–H groups in total. The monoisotopic (exact) mass is 360 g/mol. The number of hydrogen-bond acceptors (Lipinski definition) is 4. The zero-order valence-corrected chi connectivity index (χ0v) is 16.4. The lowest BCUT2D eigenvalue weighted by molar-refractivity contribution is -0.138. The van der Waals surface area contributed by atoms with Crippen LogP contribution in [0.5, 0.6) is 5.75 Å². The van der Waals surface area contributed by atoms with Crippen LogP contribution < -0.4 is 10.1 Å². The molecule has 2 aliphatic rings. The summed E-state index contributed by atoms with van der Waals surface area (Å²) in [6.45, 7) is 8.18. The standard InChI is InChI=1S/C21H32N2O3/c1-5-6-11-23-13-17(16-9-10-22-19(16)20(23)24)15-8-7-14(21(2,3)25)12-18(15)26-4/h7-8,12,16-17,19,22,25H,5-6,9-11,13H2,1-4H3. The van der Waals surface area contributed by atoms with Crippen molar-refractivity contribution in [3.8, 4) is 5.75 Å². The zero-order chi connectivity index (χ0) is 18.9. The second kappa shape index (κ2) is 7.57. The molecule has 0 bridgehead atoms. The molecule has 3 unspecified atom stereocenters. The molecule has 0 saturated carbocycles. The Morgan fingerprint density at radius 1 is 1.38 bits per heavy atom. The maximum absolute atomic E-state index is 12.8. The molecule has 0 radical (unpaired) electrons. The number of hydrogen-bond donors (Lipinski definition) is 2. The topological polar surface area (TPSA) is 61.8 Å². The third kappa shape index (κ3) is 3.60. The first kappa shape index (κ1) is 19.2. The Hall–Kier alpha value is -1.59. The molecule has 3 rings (SSSR count). The van der Waals surface area contributed by atoms with Gasteiger partial charge in [0.05, 0.1) is 18.8 Å². The largest absolute Gasteiger partial charge is 0.496 e. The van der Waals surface area contributed by atoms with Crippen molar-refractivity contribution in [3.05, 3.63) is 29.3 Å². The minimum absolute atomic E-state index is 0.0794. The van der Waals surface area contributed by atoms with Gasteiger partial charge in [0.1, 0.15) is 5.75 Å². The van der Waals surface area contributed by atoms with Gasteiger partial charge in [-0.1, -0.05) is 25.5 Å². The number of likely N-dealkylation sites (tertiary alicyclic amines) is 1. The van der Waals surface area contributed by atoms with E-state index in [1.165, 1.54) is 0 Å². The number of carbonyl (C=O) groups excluding carboxylic acids is 1. The molecule has 3 atom stereocenters. The van der Waals surface area contributed by atoms with E-state index in [0.717, 1.165) is 55.8 Å². The Bertz CT molecular complexity index is 653. The highest BCUT2D eigenvalue weighted by Gasteiger charge is 2.46. The first-order valence-electron chi connectivity index (χ1n) is 9.79. The third-order valence-electron chi connectivity index (χ3n) is 5.90. The van der Waals surface area contributed by atoms with Crippen molar-refractivity contribution in [1.82, 2.24) is 10.2 Å². The summed E-state index contributed by atoms with van der Waals surface area (Å²) in [7, 11) is 1.68. The van der Waals surface area contributed by atoms with Crippen LogP contribution in [0.25, 0.3) is 0 Å². The van der Waals surface area contributed by atoms with Crippen molar-refractivity contribution in [2.45, 2.75) is 57.6 Å². The second-order valence-corrected chi connectivity index (χ2v) is 8.14. The molecule has 1 amide bonds. The first-order valence-corrected chi connectivity index (χ1v) is 9.79. The lowest BCUT2D eigenvalue weighted by atomic mass is 9.77. The van der Waals surface area contributed by atoms with Gasteiger partial charge < -0.3 is 20.1 Å². The summed E-state index contributed by atoms with van der Waals surface area (Å²) >= 11 is 0. The molecule has 26 heavy (non-hydrogen) atoms. The summed E-state index contributed by atoms with van der Waals surface area (Å²) in [6, 6.07) is 5.94. The average molecular weight is 360 g/mol. The molecular formula is C21H32N2O3. The van der Waals surface area contributed by atoms with Crippen LogP contribution >= 0.6 is 0 Å². The van der Waals surface area contributed by atoms with E-state index in [1.807, 2.05) is 17.0 Å². The third-order valence-corrected chi connectivity index (χ3v) is 5.90. The maximum Gasteiger partial charge on any atom is 0.240 e. The number of methoxy groups -OCH3 is 1. The van der Waals surface area contributed by atoms with Gasteiger partial charge in [-0.25, -0.2) is 0 Å². The molecule has 1 aromatic carbocycles. The van der Waals surface area contributed by atoms with Crippen molar-refractivity contribution in [1.29, 1.82) is 0 Å². The Morgan fingerprint density at radius 2 is 2.15 bits per heavy atom. The van der Waals surface area contributed by atoms with E-state index < -0.39 is 5.60 Å². The normalized spacial score (nSPS) is 26.1. The summed E-state index contributed by atoms with van der Waals surface area (Å²) in [6.07, 6.45) is 3.13. The van der Waals surface area contributed by atoms with Crippen LogP contribution in [0.1, 0.15) is 57.1 Å². The number of unbranched alkanes of at least 4 members (excludes halogenated alkanes) is 1. The number of piperidine rings is 1. The molecule has 2 fully saturated rings. The number of fused-ring (bicyclic) bond motifs is 1. The minimum Gasteiger partial charge on any atom is -0.496 e. The van der Waals surface area contributed by atoms with Crippen LogP contribution in [-0.4, -0.2) is 48.7 Å². The van der Waals surface area contributed by atoms with Crippen molar-refractivity contribution < 1.29 is 14.6 Å². The fourth-order valence-corrected chi connectivity index (χ4v) is 4.36. The smallest absolute Gasteiger partial charge is 0.240 e. The lowest BCUT2D eigenvalue weighted by Crippen LogP contribution is -2.54. The molecule has 2 saturated heterocycles. The van der Waals surface area contributed by atoms with Gasteiger partial charge in [0.25, 0.3) is 0 Å². The zero-order valence-electron chi connectivity index (χ0n) is 16.4. The second-order valence-electron chi connectivity index (χ2n) is 8.14. The van der Waals surface area contributed by atoms with E-state index in [-0.39, 0.29) is 17.9 Å². The number of carbonyl (C=O) groups is 1. The average Bonchev–Trinajstić information content (AvgIpc) is 3.10. The van der Waals surface area contributed by atoms with Crippen molar-refractivity contribution >= 4 is 5.91 Å². The number of ether oxygens (including phenoxy) is 1. The summed E-state index contributed by atoms with van der Waals surface area (Å²) in [5, 5.41) is 13.7. The quantitative estimate of drug-likeness (QED) is 0.819. The summed E-state index contributed by atoms with van der Waals surface area (Å²) in [5.41, 5.74) is 1.08. The van der Waals surface area contributed by atoms with Crippen molar-refractivity contribution in [2.75, 3.05) is 26.7 Å². The highest BCUT2D eigenvalue weighted by atomic mass is 16.5. The Balaban J connectivity index is 1.94. The predicted molar refractivity (Wildman–Crippen MR) is 102 cm³/mol. The number of aliphatic hydroxyl groups is 1. The van der Waals surface area contributed by atoms with Gasteiger partial charge in [-0.2, -0.15) is 0 Å². The summed E-state index contributed by atoms with van der Waals surface area (Å²) < 4.78 is 5.69. The van der Waals surface area contributed by atoms with Crippen molar-refractivity contribution in [3.63, 3.8) is 0 Å². The van der Waals surface area contributed by atoms with Gasteiger partial charge in [-0.3, -0.25) is 4.79 Å². The van der Waals surface area contributed by atoms with Crippen LogP contribution in [-0.2, 0) is 10.4 Å². The molecule has 0 aromatic heterocycles. The molecule has 0 aliphatic carbocycles. The SMILES string of the molecule is CCCCN1CC(c2ccc(C(C)(C)O)cc2OC)C2CCNC2C1=O. The van der Waals surface area contributed by atoms with Gasteiger partial charge in [0.15, 0.2) is 0 Å². The predicted octanol–water partition coefficient (Wildman–Crippen LogP) is 2.63. The molecule has 5 nitrogen and oxygen atoms in total. The fourth-order valence-electron chi connectivity index (χ4n) is 4.36. The Morgan fingerprint density at radius 3 is 2.81 bits per heavy atom. The van der Waals surface area contributed by atoms with E-state index in [9.17, 15) is 9.90 Å². The van der Waals surface area contributed by atoms with Gasteiger partial charge in [0, 0.05) is 19.0 Å². The molecular weight excluding hydrogens is 328 g/mol. The molecule has 0 spiro atoms. The highest BCUT2D eigenvalue weighted by Crippen LogP contribution is 2.42. The lowest BCUT2D eigenvalue weighted by Gasteiger charge is -2.41. The van der Waals surface area contributed by atoms with Crippen LogP contribution in [0, 0.1) is 5.92 Å². The Kier molecular flexibility index (Phi) is 5.58. The molecule has 2 aliphatic heterocycles. The van der Waals surface area contributed by atoms with E-state index >= 15 is 0 Å². The minimum atomic E-state index is -0.904. The van der Waals surface area contributed by atoms with E-state index in [0.29, 0.717) is 5.92 Å². The van der Waals surface area contributed by atoms with Crippen LogP contribution in [0.4, 0.5) is 0 Å². The van der Waals surface area contributed by atoms with Gasteiger partial charge in [-0.05, 0) is 56.3 Å². The first-order chi connectivity index (χ1) is 12.4. The number of amides is 1. The van der Waals surface area contributed by atoms with Gasteiger partial charge >= 0.3 is 0 Å². The summed E-state index contributed by atoms with van der Waals surface area (Å²) in [5.74, 6) is 1.63. The maximum atomic E-state index is 12.8. The van der Waals surface area contributed by atoms with Crippen molar-refractivity contribution in [2.24, 2.45) is 5.92 Å². The number of nitrogens with one attached hydrogen (secondary N) is 1. The van der Waals surface area contributed by atoms with Gasteiger partial charge in [-0.15, -0.1) is 0 Å². The fraction of sp³-hybridized carbons (Fsp3) is 0.667. The van der Waals surface area contributed by atoms with E-state index in [1.54, 1.807) is 21.0 Å². The molecule has 1 aromatic rings. The van der Waals surface area contributed by atoms with Crippen LogP contribution in [0.15, 0.2) is 18.2 Å². The summed E-state index contributed by atoms with van der Waals surface area (Å²) in [4.78, 5) is 14.9. The van der Waals surface area contributed by atoms with E-state index in [4.69, 9.17) is 4.74 Å². The number of rotatable bonds is 6. The molecule has 144 valence electrons. The number of nitrogens with zero attached hydrogens (tertiary/aromatic N) is 1. The van der Waals surface area contributed by atoms with Crippen LogP contribution in [0.2, 0.25) is 0 Å².